The number of pyridine rings is 1. The van der Waals surface area contributed by atoms with Gasteiger partial charge in [0.15, 0.2) is 0 Å². The number of rotatable bonds is 6. The van der Waals surface area contributed by atoms with E-state index in [0.29, 0.717) is 5.02 Å². The molecular weight excluding hydrogens is 272 g/mol. The summed E-state index contributed by atoms with van der Waals surface area (Å²) in [6.07, 6.45) is 1.68. The molecule has 0 spiro atoms. The molecule has 0 aromatic carbocycles. The third-order valence-electron chi connectivity index (χ3n) is 2.11. The molecule has 0 aliphatic heterocycles. The molecule has 0 fully saturated rings. The summed E-state index contributed by atoms with van der Waals surface area (Å²) < 4.78 is 0. The fraction of sp³-hybridized carbons (Fsp3) is 0.250. The number of thioether (sulfide) groups is 1. The van der Waals surface area contributed by atoms with Gasteiger partial charge in [-0.05, 0) is 23.6 Å². The molecule has 0 aliphatic carbocycles. The fourth-order valence-electron chi connectivity index (χ4n) is 1.30. The standard InChI is InChI=1S/C12H13ClN2S2/c13-10-3-4-12(15-8-10)17-7-5-14-9-11-2-1-6-16-11/h1-4,6,8,14H,5,7,9H2. The number of halogens is 1. The summed E-state index contributed by atoms with van der Waals surface area (Å²) in [6.45, 7) is 1.93. The Morgan fingerprint density at radius 2 is 2.29 bits per heavy atom. The van der Waals surface area contributed by atoms with E-state index in [0.717, 1.165) is 23.9 Å². The third kappa shape index (κ3) is 4.68. The molecule has 2 nitrogen and oxygen atoms in total. The Kier molecular flexibility index (Phi) is 5.32. The lowest BCUT2D eigenvalue weighted by Gasteiger charge is -2.03. The van der Waals surface area contributed by atoms with Crippen LogP contribution in [0.5, 0.6) is 0 Å². The molecule has 0 aliphatic rings. The highest BCUT2D eigenvalue weighted by atomic mass is 35.5. The summed E-state index contributed by atoms with van der Waals surface area (Å²) in [4.78, 5) is 5.61. The van der Waals surface area contributed by atoms with E-state index in [1.165, 1.54) is 4.88 Å². The van der Waals surface area contributed by atoms with Crippen molar-refractivity contribution < 1.29 is 0 Å². The van der Waals surface area contributed by atoms with Crippen molar-refractivity contribution in [3.63, 3.8) is 0 Å². The maximum atomic E-state index is 5.77. The quantitative estimate of drug-likeness (QED) is 0.647. The first-order chi connectivity index (χ1) is 8.34. The summed E-state index contributed by atoms with van der Waals surface area (Å²) in [5, 5.41) is 7.21. The molecule has 2 rings (SSSR count). The van der Waals surface area contributed by atoms with Crippen LogP contribution in [0.15, 0.2) is 40.9 Å². The zero-order valence-electron chi connectivity index (χ0n) is 9.23. The van der Waals surface area contributed by atoms with Crippen LogP contribution in [0.3, 0.4) is 0 Å². The summed E-state index contributed by atoms with van der Waals surface area (Å²) in [5.74, 6) is 1.01. The molecule has 0 unspecified atom stereocenters. The number of nitrogens with one attached hydrogen (secondary N) is 1. The first kappa shape index (κ1) is 12.9. The van der Waals surface area contributed by atoms with Gasteiger partial charge in [-0.1, -0.05) is 17.7 Å². The number of hydrogen-bond donors (Lipinski definition) is 1. The molecule has 0 radical (unpaired) electrons. The van der Waals surface area contributed by atoms with E-state index in [1.807, 2.05) is 12.1 Å². The van der Waals surface area contributed by atoms with E-state index in [-0.39, 0.29) is 0 Å². The van der Waals surface area contributed by atoms with Gasteiger partial charge in [-0.2, -0.15) is 0 Å². The largest absolute Gasteiger partial charge is 0.311 e. The Hall–Kier alpha value is -0.550. The van der Waals surface area contributed by atoms with Crippen LogP contribution >= 0.6 is 34.7 Å². The molecule has 2 aromatic heterocycles. The molecular formula is C12H13ClN2S2. The van der Waals surface area contributed by atoms with Crippen LogP contribution in [0.4, 0.5) is 0 Å². The van der Waals surface area contributed by atoms with Gasteiger partial charge in [-0.25, -0.2) is 4.98 Å². The van der Waals surface area contributed by atoms with Gasteiger partial charge < -0.3 is 5.32 Å². The fourth-order valence-corrected chi connectivity index (χ4v) is 2.83. The van der Waals surface area contributed by atoms with E-state index in [1.54, 1.807) is 29.3 Å². The lowest BCUT2D eigenvalue weighted by Crippen LogP contribution is -2.15. The Bertz CT molecular complexity index is 428. The second kappa shape index (κ2) is 7.01. The predicted octanol–water partition coefficient (Wildman–Crippen LogP) is 3.68. The van der Waals surface area contributed by atoms with Crippen LogP contribution in [0.25, 0.3) is 0 Å². The minimum absolute atomic E-state index is 0.685. The third-order valence-corrected chi connectivity index (χ3v) is 4.15. The Morgan fingerprint density at radius 3 is 3.00 bits per heavy atom. The molecule has 0 saturated heterocycles. The Labute approximate surface area is 114 Å². The first-order valence-corrected chi connectivity index (χ1v) is 7.56. The topological polar surface area (TPSA) is 24.9 Å². The van der Waals surface area contributed by atoms with Gasteiger partial charge in [0, 0.05) is 29.9 Å². The maximum absolute atomic E-state index is 5.77. The molecule has 2 heterocycles. The summed E-state index contributed by atoms with van der Waals surface area (Å²) in [5.41, 5.74) is 0. The summed E-state index contributed by atoms with van der Waals surface area (Å²) in [6, 6.07) is 8.04. The van der Waals surface area contributed by atoms with Crippen LogP contribution < -0.4 is 5.32 Å². The van der Waals surface area contributed by atoms with Crippen molar-refractivity contribution in [1.82, 2.24) is 10.3 Å². The lowest BCUT2D eigenvalue weighted by molar-refractivity contribution is 0.740. The smallest absolute Gasteiger partial charge is 0.0961 e. The number of aromatic nitrogens is 1. The van der Waals surface area contributed by atoms with Gasteiger partial charge in [0.2, 0.25) is 0 Å². The average molecular weight is 285 g/mol. The van der Waals surface area contributed by atoms with E-state index in [4.69, 9.17) is 11.6 Å². The molecule has 0 atom stereocenters. The van der Waals surface area contributed by atoms with Gasteiger partial charge in [0.1, 0.15) is 0 Å². The predicted molar refractivity (Wildman–Crippen MR) is 76.0 cm³/mol. The maximum Gasteiger partial charge on any atom is 0.0961 e. The number of hydrogen-bond acceptors (Lipinski definition) is 4. The molecule has 5 heteroatoms. The second-order valence-electron chi connectivity index (χ2n) is 3.42. The minimum atomic E-state index is 0.685. The Morgan fingerprint density at radius 1 is 1.35 bits per heavy atom. The van der Waals surface area contributed by atoms with Crippen molar-refractivity contribution in [2.24, 2.45) is 0 Å². The number of thiophene rings is 1. The minimum Gasteiger partial charge on any atom is -0.311 e. The number of nitrogens with zero attached hydrogens (tertiary/aromatic N) is 1. The van der Waals surface area contributed by atoms with E-state index in [2.05, 4.69) is 27.8 Å². The molecule has 1 N–H and O–H groups in total. The monoisotopic (exact) mass is 284 g/mol. The van der Waals surface area contributed by atoms with Gasteiger partial charge in [-0.15, -0.1) is 23.1 Å². The van der Waals surface area contributed by atoms with Crippen LogP contribution in [0, 0.1) is 0 Å². The van der Waals surface area contributed by atoms with Gasteiger partial charge in [-0.3, -0.25) is 0 Å². The van der Waals surface area contributed by atoms with Crippen LogP contribution in [-0.2, 0) is 6.54 Å². The lowest BCUT2D eigenvalue weighted by atomic mass is 10.4. The van der Waals surface area contributed by atoms with E-state index >= 15 is 0 Å². The van der Waals surface area contributed by atoms with Crippen molar-refractivity contribution in [2.45, 2.75) is 11.6 Å². The van der Waals surface area contributed by atoms with E-state index in [9.17, 15) is 0 Å². The van der Waals surface area contributed by atoms with Crippen molar-refractivity contribution >= 4 is 34.7 Å². The highest BCUT2D eigenvalue weighted by Crippen LogP contribution is 2.16. The molecule has 17 heavy (non-hydrogen) atoms. The van der Waals surface area contributed by atoms with Crippen molar-refractivity contribution in [2.75, 3.05) is 12.3 Å². The van der Waals surface area contributed by atoms with E-state index < -0.39 is 0 Å². The van der Waals surface area contributed by atoms with Gasteiger partial charge in [0.05, 0.1) is 10.0 Å². The molecule has 2 aromatic rings. The Balaban J connectivity index is 1.61. The molecule has 0 bridgehead atoms. The first-order valence-electron chi connectivity index (χ1n) is 5.32. The summed E-state index contributed by atoms with van der Waals surface area (Å²) in [7, 11) is 0. The molecule has 0 saturated carbocycles. The second-order valence-corrected chi connectivity index (χ2v) is 6.00. The van der Waals surface area contributed by atoms with Crippen molar-refractivity contribution in [3.8, 4) is 0 Å². The van der Waals surface area contributed by atoms with Crippen molar-refractivity contribution in [1.29, 1.82) is 0 Å². The summed E-state index contributed by atoms with van der Waals surface area (Å²) >= 11 is 9.29. The molecule has 0 amide bonds. The van der Waals surface area contributed by atoms with Crippen LogP contribution in [0.2, 0.25) is 5.02 Å². The zero-order valence-corrected chi connectivity index (χ0v) is 11.6. The normalized spacial score (nSPS) is 10.6. The van der Waals surface area contributed by atoms with Gasteiger partial charge >= 0.3 is 0 Å². The SMILES string of the molecule is Clc1ccc(SCCNCc2cccs2)nc1. The van der Waals surface area contributed by atoms with Crippen molar-refractivity contribution in [3.05, 3.63) is 45.7 Å². The molecule has 90 valence electrons. The van der Waals surface area contributed by atoms with Gasteiger partial charge in [0.25, 0.3) is 0 Å². The van der Waals surface area contributed by atoms with Crippen LogP contribution in [0.1, 0.15) is 4.88 Å². The average Bonchev–Trinajstić information content (AvgIpc) is 2.84. The highest BCUT2D eigenvalue weighted by molar-refractivity contribution is 7.99. The highest BCUT2D eigenvalue weighted by Gasteiger charge is 1.96. The van der Waals surface area contributed by atoms with Crippen LogP contribution in [-0.4, -0.2) is 17.3 Å². The zero-order chi connectivity index (χ0) is 11.9.